The Labute approximate surface area is 336 Å². The third-order valence-corrected chi connectivity index (χ3v) is 15.7. The van der Waals surface area contributed by atoms with Gasteiger partial charge in [-0.25, -0.2) is 0 Å². The Morgan fingerprint density at radius 2 is 0.686 bits per heavy atom. The molecule has 0 saturated heterocycles. The molecule has 0 saturated carbocycles. The van der Waals surface area contributed by atoms with Crippen molar-refractivity contribution < 1.29 is 44.8 Å². The second-order valence-corrected chi connectivity index (χ2v) is 17.8. The summed E-state index contributed by atoms with van der Waals surface area (Å²) in [5.41, 5.74) is 1.71. The van der Waals surface area contributed by atoms with Crippen LogP contribution in [0.25, 0.3) is 43.1 Å². The van der Waals surface area contributed by atoms with E-state index < -0.39 is 0 Å². The van der Waals surface area contributed by atoms with Gasteiger partial charge in [0.15, 0.2) is 5.90 Å². The number of benzene rings is 8. The molecule has 2 atom stereocenters. The zero-order chi connectivity index (χ0) is 34.0. The van der Waals surface area contributed by atoms with Gasteiger partial charge in [0.1, 0.15) is 0 Å². The molecule has 8 aromatic rings. The van der Waals surface area contributed by atoms with E-state index in [4.69, 9.17) is 12.8 Å². The molecular weight excluding hydrogens is 842 g/mol. The molecule has 0 bridgehead atoms. The van der Waals surface area contributed by atoms with E-state index in [1.807, 2.05) is 72.8 Å². The van der Waals surface area contributed by atoms with Gasteiger partial charge in [0.2, 0.25) is 0 Å². The van der Waals surface area contributed by atoms with Crippen LogP contribution in [0.15, 0.2) is 170 Å². The summed E-state index contributed by atoms with van der Waals surface area (Å²) in [5, 5.41) is 12.5. The molecule has 0 radical (unpaired) electrons. The van der Waals surface area contributed by atoms with Gasteiger partial charge in [-0.1, -0.05) is 144 Å². The molecular formula is C47H38Ag2P2+2. The van der Waals surface area contributed by atoms with E-state index in [1.54, 1.807) is 10.6 Å². The average Bonchev–Trinajstić information content (AvgIpc) is 3.18. The molecule has 0 fully saturated rings. The molecule has 0 N–H and O–H groups in total. The number of hydrogen-bond acceptors (Lipinski definition) is 0. The Hall–Kier alpha value is -3.74. The van der Waals surface area contributed by atoms with Crippen LogP contribution in [0.2, 0.25) is 0 Å². The first-order chi connectivity index (χ1) is 24.1. The standard InChI is InChI=1S/2C16H9.C15H18P2.2Ag/c2*1-2-12-11-13-7-3-4-9-15(13)16-10-6-5-8-14(12)16;1-16(14-9-5-3-6-10-14)13-17(2)15-11-7-4-8-12-15;;/h2*3-11H;3-12H,13H2,1-2H3;;/q2*-1;;2*+1/p+2. The average molecular weight is 881 g/mol. The van der Waals surface area contributed by atoms with Gasteiger partial charge < -0.3 is 12.8 Å². The Kier molecular flexibility index (Phi) is 15.5. The molecule has 4 heteroatoms. The van der Waals surface area contributed by atoms with E-state index in [-0.39, 0.29) is 60.6 Å². The van der Waals surface area contributed by atoms with Gasteiger partial charge in [-0.15, -0.1) is 23.3 Å². The first kappa shape index (κ1) is 40.0. The van der Waals surface area contributed by atoms with Crippen LogP contribution in [0.5, 0.6) is 0 Å². The van der Waals surface area contributed by atoms with Gasteiger partial charge >= 0.3 is 44.8 Å². The van der Waals surface area contributed by atoms with Crippen LogP contribution in [0.4, 0.5) is 0 Å². The topological polar surface area (TPSA) is 0 Å². The maximum Gasteiger partial charge on any atom is 1.00 e. The molecule has 0 nitrogen and oxygen atoms in total. The van der Waals surface area contributed by atoms with Crippen LogP contribution in [0.1, 0.15) is 11.1 Å². The van der Waals surface area contributed by atoms with E-state index in [9.17, 15) is 0 Å². The summed E-state index contributed by atoms with van der Waals surface area (Å²) in [4.78, 5) is 0. The van der Waals surface area contributed by atoms with Crippen molar-refractivity contribution in [3.05, 3.63) is 194 Å². The maximum atomic E-state index is 7.35. The van der Waals surface area contributed by atoms with Crippen molar-refractivity contribution in [1.82, 2.24) is 0 Å². The first-order valence-corrected chi connectivity index (χ1v) is 20.9. The predicted octanol–water partition coefficient (Wildman–Crippen LogP) is 11.1. The van der Waals surface area contributed by atoms with Crippen molar-refractivity contribution in [1.29, 1.82) is 0 Å². The molecule has 8 aromatic carbocycles. The molecule has 0 aliphatic carbocycles. The largest absolute Gasteiger partial charge is 1.00 e. The summed E-state index contributed by atoms with van der Waals surface area (Å²) in [6.07, 6.45) is 14.7. The molecule has 0 aromatic heterocycles. The van der Waals surface area contributed by atoms with Crippen molar-refractivity contribution in [2.45, 2.75) is 0 Å². The summed E-state index contributed by atoms with van der Waals surface area (Å²) >= 11 is 0. The second kappa shape index (κ2) is 19.8. The van der Waals surface area contributed by atoms with Crippen LogP contribution in [-0.2, 0) is 44.8 Å². The Balaban J connectivity index is 0.000000168. The van der Waals surface area contributed by atoms with Gasteiger partial charge in [0.05, 0.1) is 39.8 Å². The van der Waals surface area contributed by atoms with Crippen molar-refractivity contribution in [3.8, 4) is 11.8 Å². The minimum Gasteiger partial charge on any atom is -0.366 e. The molecule has 0 spiro atoms. The predicted molar refractivity (Wildman–Crippen MR) is 221 cm³/mol. The smallest absolute Gasteiger partial charge is 0.366 e. The van der Waals surface area contributed by atoms with E-state index in [1.165, 1.54) is 27.4 Å². The summed E-state index contributed by atoms with van der Waals surface area (Å²) in [6, 6.07) is 58.9. The molecule has 51 heavy (non-hydrogen) atoms. The minimum absolute atomic E-state index is 0. The zero-order valence-corrected chi connectivity index (χ0v) is 33.4. The van der Waals surface area contributed by atoms with Gasteiger partial charge in [-0.05, 0) is 56.6 Å². The van der Waals surface area contributed by atoms with Crippen molar-refractivity contribution in [2.24, 2.45) is 0 Å². The van der Waals surface area contributed by atoms with Crippen LogP contribution < -0.4 is 10.6 Å². The van der Waals surface area contributed by atoms with Crippen molar-refractivity contribution >= 4 is 69.5 Å². The van der Waals surface area contributed by atoms with Crippen LogP contribution in [0.3, 0.4) is 0 Å². The van der Waals surface area contributed by atoms with Gasteiger partial charge in [-0.3, -0.25) is 11.8 Å². The van der Waals surface area contributed by atoms with Crippen LogP contribution in [0, 0.1) is 24.7 Å². The summed E-state index contributed by atoms with van der Waals surface area (Å²) in [6.45, 7) is 4.88. The molecule has 8 rings (SSSR count). The fourth-order valence-corrected chi connectivity index (χ4v) is 12.7. The van der Waals surface area contributed by atoms with Gasteiger partial charge in [-0.2, -0.15) is 0 Å². The van der Waals surface area contributed by atoms with Gasteiger partial charge in [0, 0.05) is 0 Å². The molecule has 0 heterocycles. The van der Waals surface area contributed by atoms with Crippen molar-refractivity contribution in [2.75, 3.05) is 19.2 Å². The minimum atomic E-state index is -0.368. The monoisotopic (exact) mass is 878 g/mol. The number of hydrogen-bond donors (Lipinski definition) is 0. The summed E-state index contributed by atoms with van der Waals surface area (Å²) in [7, 11) is -0.736. The van der Waals surface area contributed by atoms with E-state index in [0.717, 1.165) is 32.7 Å². The Bertz CT molecular complexity index is 2250. The molecule has 256 valence electrons. The molecule has 0 amide bonds. The SMILES string of the molecule is C[PH+](C[PH+](C)c1ccccc1)c1ccccc1.[Ag+].[Ag+].[C-]#Cc1cc2ccccc2c2ccccc12.[C-]#Cc1cc2ccccc2c2ccccc12. The number of fused-ring (bicyclic) bond motifs is 6. The molecule has 2 unspecified atom stereocenters. The van der Waals surface area contributed by atoms with Gasteiger partial charge in [0.25, 0.3) is 0 Å². The Morgan fingerprint density at radius 1 is 0.392 bits per heavy atom. The fraction of sp³-hybridized carbons (Fsp3) is 0.0638. The first-order valence-electron chi connectivity index (χ1n) is 16.5. The van der Waals surface area contributed by atoms with E-state index in [2.05, 4.69) is 122 Å². The van der Waals surface area contributed by atoms with Crippen LogP contribution >= 0.6 is 15.8 Å². The normalized spacial score (nSPS) is 11.3. The van der Waals surface area contributed by atoms with E-state index >= 15 is 0 Å². The van der Waals surface area contributed by atoms with Crippen molar-refractivity contribution in [3.63, 3.8) is 0 Å². The third kappa shape index (κ3) is 9.78. The summed E-state index contributed by atoms with van der Waals surface area (Å²) in [5.74, 6) is 6.43. The summed E-state index contributed by atoms with van der Waals surface area (Å²) < 4.78 is 0. The van der Waals surface area contributed by atoms with Crippen LogP contribution in [-0.4, -0.2) is 19.2 Å². The quantitative estimate of drug-likeness (QED) is 0.0543. The third-order valence-electron chi connectivity index (χ3n) is 8.87. The van der Waals surface area contributed by atoms with E-state index in [0.29, 0.717) is 0 Å². The fourth-order valence-electron chi connectivity index (χ4n) is 6.36. The molecule has 0 aliphatic rings. The maximum absolute atomic E-state index is 7.35. The Morgan fingerprint density at radius 3 is 1.04 bits per heavy atom. The number of rotatable bonds is 4. The zero-order valence-electron chi connectivity index (χ0n) is 28.5. The molecule has 0 aliphatic heterocycles. The second-order valence-electron chi connectivity index (χ2n) is 12.1.